The third-order valence-corrected chi connectivity index (χ3v) is 3.60. The van der Waals surface area contributed by atoms with Gasteiger partial charge in [-0.2, -0.15) is 13.2 Å². The van der Waals surface area contributed by atoms with Gasteiger partial charge in [-0.25, -0.2) is 0 Å². The topological polar surface area (TPSA) is 47.3 Å². The number of nitrogens with one attached hydrogen (secondary N) is 1. The van der Waals surface area contributed by atoms with Gasteiger partial charge in [0, 0.05) is 12.5 Å². The van der Waals surface area contributed by atoms with Crippen molar-refractivity contribution in [1.29, 1.82) is 0 Å². The van der Waals surface area contributed by atoms with Crippen molar-refractivity contribution in [2.24, 2.45) is 5.84 Å². The molecule has 0 spiro atoms. The van der Waals surface area contributed by atoms with Crippen LogP contribution in [0.5, 0.6) is 0 Å². The fourth-order valence-corrected chi connectivity index (χ4v) is 2.54. The standard InChI is InChI=1S/C14H19F3N2O/c15-14(16,17)7-5-11(19-18)9-13-12-4-2-1-3-10(12)6-8-20-13/h1-4,11,13,19H,5-9,18H2. The van der Waals surface area contributed by atoms with E-state index in [0.29, 0.717) is 13.0 Å². The van der Waals surface area contributed by atoms with Gasteiger partial charge < -0.3 is 4.74 Å². The fourth-order valence-electron chi connectivity index (χ4n) is 2.54. The second-order valence-corrected chi connectivity index (χ2v) is 5.06. The summed E-state index contributed by atoms with van der Waals surface area (Å²) in [5, 5.41) is 0. The van der Waals surface area contributed by atoms with Crippen molar-refractivity contribution in [3.8, 4) is 0 Å². The lowest BCUT2D eigenvalue weighted by Gasteiger charge is -2.29. The molecule has 0 radical (unpaired) electrons. The van der Waals surface area contributed by atoms with Gasteiger partial charge in [-0.1, -0.05) is 24.3 Å². The van der Waals surface area contributed by atoms with Crippen LogP contribution in [0.3, 0.4) is 0 Å². The molecule has 2 unspecified atom stereocenters. The van der Waals surface area contributed by atoms with E-state index in [0.717, 1.165) is 12.0 Å². The Morgan fingerprint density at radius 3 is 2.80 bits per heavy atom. The number of hydrazine groups is 1. The molecule has 1 aliphatic rings. The zero-order valence-electron chi connectivity index (χ0n) is 11.1. The molecular formula is C14H19F3N2O. The Hall–Kier alpha value is -1.11. The lowest BCUT2D eigenvalue weighted by Crippen LogP contribution is -2.38. The third kappa shape index (κ3) is 4.19. The molecule has 6 heteroatoms. The molecule has 0 bridgehead atoms. The molecule has 1 aliphatic heterocycles. The zero-order chi connectivity index (χ0) is 14.6. The van der Waals surface area contributed by atoms with E-state index >= 15 is 0 Å². The Morgan fingerprint density at radius 2 is 2.10 bits per heavy atom. The van der Waals surface area contributed by atoms with Gasteiger partial charge in [-0.3, -0.25) is 11.3 Å². The van der Waals surface area contributed by atoms with E-state index in [4.69, 9.17) is 10.6 Å². The van der Waals surface area contributed by atoms with Crippen LogP contribution in [0.1, 0.15) is 36.5 Å². The molecule has 1 aromatic rings. The van der Waals surface area contributed by atoms with Crippen LogP contribution < -0.4 is 11.3 Å². The first-order valence-corrected chi connectivity index (χ1v) is 6.72. The van der Waals surface area contributed by atoms with Crippen molar-refractivity contribution in [3.05, 3.63) is 35.4 Å². The van der Waals surface area contributed by atoms with Crippen molar-refractivity contribution in [3.63, 3.8) is 0 Å². The second-order valence-electron chi connectivity index (χ2n) is 5.06. The van der Waals surface area contributed by atoms with Crippen molar-refractivity contribution in [2.75, 3.05) is 6.61 Å². The molecule has 0 fully saturated rings. The molecule has 0 aliphatic carbocycles. The Morgan fingerprint density at radius 1 is 1.35 bits per heavy atom. The first-order valence-electron chi connectivity index (χ1n) is 6.72. The number of alkyl halides is 3. The number of benzene rings is 1. The largest absolute Gasteiger partial charge is 0.389 e. The minimum atomic E-state index is -4.15. The summed E-state index contributed by atoms with van der Waals surface area (Å²) >= 11 is 0. The summed E-state index contributed by atoms with van der Waals surface area (Å²) in [4.78, 5) is 0. The van der Waals surface area contributed by atoms with Gasteiger partial charge >= 0.3 is 6.18 Å². The maximum atomic E-state index is 12.3. The number of hydrogen-bond donors (Lipinski definition) is 2. The summed E-state index contributed by atoms with van der Waals surface area (Å²) in [6, 6.07) is 7.47. The van der Waals surface area contributed by atoms with E-state index < -0.39 is 18.6 Å². The SMILES string of the molecule is NNC(CCC(F)(F)F)CC1OCCc2ccccc21. The minimum absolute atomic E-state index is 0.0397. The number of ether oxygens (including phenoxy) is 1. The normalized spacial score (nSPS) is 20.5. The van der Waals surface area contributed by atoms with Crippen molar-refractivity contribution < 1.29 is 17.9 Å². The van der Waals surface area contributed by atoms with Gasteiger partial charge in [-0.15, -0.1) is 0 Å². The van der Waals surface area contributed by atoms with Crippen LogP contribution >= 0.6 is 0 Å². The van der Waals surface area contributed by atoms with Crippen molar-refractivity contribution in [2.45, 2.75) is 44.0 Å². The van der Waals surface area contributed by atoms with Crippen LogP contribution in [0.25, 0.3) is 0 Å². The van der Waals surface area contributed by atoms with Crippen LogP contribution in [0, 0.1) is 0 Å². The molecule has 0 amide bonds. The van der Waals surface area contributed by atoms with Crippen LogP contribution in [-0.4, -0.2) is 18.8 Å². The van der Waals surface area contributed by atoms with Gasteiger partial charge in [0.2, 0.25) is 0 Å². The predicted molar refractivity (Wildman–Crippen MR) is 69.9 cm³/mol. The summed E-state index contributed by atoms with van der Waals surface area (Å²) < 4.78 is 42.5. The Labute approximate surface area is 116 Å². The van der Waals surface area contributed by atoms with Gasteiger partial charge in [0.15, 0.2) is 0 Å². The van der Waals surface area contributed by atoms with E-state index in [1.54, 1.807) is 0 Å². The highest BCUT2D eigenvalue weighted by Gasteiger charge is 2.30. The number of nitrogens with two attached hydrogens (primary N) is 1. The summed E-state index contributed by atoms with van der Waals surface area (Å²) in [6.07, 6.45) is -3.92. The van der Waals surface area contributed by atoms with Crippen LogP contribution in [0.4, 0.5) is 13.2 Å². The predicted octanol–water partition coefficient (Wildman–Crippen LogP) is 2.86. The molecule has 1 aromatic carbocycles. The average Bonchev–Trinajstić information content (AvgIpc) is 2.42. The average molecular weight is 288 g/mol. The highest BCUT2D eigenvalue weighted by atomic mass is 19.4. The first-order chi connectivity index (χ1) is 9.49. The van der Waals surface area contributed by atoms with E-state index in [1.165, 1.54) is 5.56 Å². The summed E-state index contributed by atoms with van der Waals surface area (Å²) in [5.41, 5.74) is 4.74. The Bertz CT molecular complexity index is 437. The fraction of sp³-hybridized carbons (Fsp3) is 0.571. The van der Waals surface area contributed by atoms with Gasteiger partial charge in [0.1, 0.15) is 0 Å². The molecule has 0 aromatic heterocycles. The van der Waals surface area contributed by atoms with Crippen LogP contribution in [0.2, 0.25) is 0 Å². The Balaban J connectivity index is 1.98. The molecule has 1 heterocycles. The molecular weight excluding hydrogens is 269 g/mol. The summed E-state index contributed by atoms with van der Waals surface area (Å²) in [7, 11) is 0. The molecule has 3 nitrogen and oxygen atoms in total. The van der Waals surface area contributed by atoms with E-state index in [9.17, 15) is 13.2 Å². The minimum Gasteiger partial charge on any atom is -0.373 e. The molecule has 3 N–H and O–H groups in total. The summed E-state index contributed by atoms with van der Waals surface area (Å²) in [6.45, 7) is 0.595. The monoisotopic (exact) mass is 288 g/mol. The molecule has 2 rings (SSSR count). The molecule has 2 atom stereocenters. The number of rotatable bonds is 5. The van der Waals surface area contributed by atoms with Gasteiger partial charge in [0.25, 0.3) is 0 Å². The van der Waals surface area contributed by atoms with Gasteiger partial charge in [-0.05, 0) is 30.4 Å². The number of hydrogen-bond acceptors (Lipinski definition) is 3. The maximum absolute atomic E-state index is 12.3. The first kappa shape index (κ1) is 15.3. The molecule has 112 valence electrons. The zero-order valence-corrected chi connectivity index (χ0v) is 11.1. The summed E-state index contributed by atoms with van der Waals surface area (Å²) in [5.74, 6) is 5.37. The smallest absolute Gasteiger partial charge is 0.373 e. The molecule has 0 saturated carbocycles. The van der Waals surface area contributed by atoms with E-state index in [2.05, 4.69) is 5.43 Å². The highest BCUT2D eigenvalue weighted by Crippen LogP contribution is 2.32. The van der Waals surface area contributed by atoms with Crippen LogP contribution in [-0.2, 0) is 11.2 Å². The lowest BCUT2D eigenvalue weighted by atomic mass is 9.92. The number of halogens is 3. The highest BCUT2D eigenvalue weighted by molar-refractivity contribution is 5.31. The van der Waals surface area contributed by atoms with Crippen molar-refractivity contribution in [1.82, 2.24) is 5.43 Å². The number of fused-ring (bicyclic) bond motifs is 1. The lowest BCUT2D eigenvalue weighted by molar-refractivity contribution is -0.137. The second kappa shape index (κ2) is 6.56. The van der Waals surface area contributed by atoms with E-state index in [1.807, 2.05) is 24.3 Å². The quantitative estimate of drug-likeness (QED) is 0.647. The van der Waals surface area contributed by atoms with Crippen molar-refractivity contribution >= 4 is 0 Å². The third-order valence-electron chi connectivity index (χ3n) is 3.60. The molecule has 0 saturated heterocycles. The van der Waals surface area contributed by atoms with Crippen LogP contribution in [0.15, 0.2) is 24.3 Å². The maximum Gasteiger partial charge on any atom is 0.389 e. The van der Waals surface area contributed by atoms with Gasteiger partial charge in [0.05, 0.1) is 12.7 Å². The van der Waals surface area contributed by atoms with E-state index in [-0.39, 0.29) is 12.5 Å². The molecule has 20 heavy (non-hydrogen) atoms. The Kier molecular flexibility index (Phi) is 5.01.